The van der Waals surface area contributed by atoms with Gasteiger partial charge in [0.05, 0.1) is 5.69 Å². The smallest absolute Gasteiger partial charge is 0.223 e. The predicted molar refractivity (Wildman–Crippen MR) is 72.8 cm³/mol. The highest BCUT2D eigenvalue weighted by atomic mass is 16.1. The van der Waals surface area contributed by atoms with Gasteiger partial charge in [-0.3, -0.25) is 4.79 Å². The molecule has 0 amide bonds. The zero-order chi connectivity index (χ0) is 13.5. The molecule has 0 atom stereocenters. The predicted octanol–water partition coefficient (Wildman–Crippen LogP) is 0.889. The molecular weight excluding hydrogens is 230 g/mol. The van der Waals surface area contributed by atoms with Crippen LogP contribution in [0.15, 0.2) is 34.3 Å². The van der Waals surface area contributed by atoms with E-state index in [9.17, 15) is 4.79 Å². The fourth-order valence-corrected chi connectivity index (χ4v) is 1.38. The maximum absolute atomic E-state index is 11.6. The van der Waals surface area contributed by atoms with Crippen molar-refractivity contribution in [2.45, 2.75) is 19.8 Å². The number of benzene rings is 1. The van der Waals surface area contributed by atoms with Crippen molar-refractivity contribution in [3.63, 3.8) is 0 Å². The largest absolute Gasteiger partial charge is 0.370 e. The van der Waals surface area contributed by atoms with Crippen molar-refractivity contribution in [2.75, 3.05) is 0 Å². The van der Waals surface area contributed by atoms with Crippen LogP contribution in [0.3, 0.4) is 0 Å². The Bertz CT molecular complexity index is 472. The maximum atomic E-state index is 11.6. The van der Waals surface area contributed by atoms with Gasteiger partial charge in [-0.25, -0.2) is 4.99 Å². The molecule has 1 aromatic rings. The van der Waals surface area contributed by atoms with Crippen LogP contribution in [0.5, 0.6) is 0 Å². The van der Waals surface area contributed by atoms with Gasteiger partial charge in [0.2, 0.25) is 5.96 Å². The van der Waals surface area contributed by atoms with Crippen LogP contribution in [-0.4, -0.2) is 17.7 Å². The normalized spacial score (nSPS) is 11.1. The number of guanidine groups is 2. The number of aliphatic imine (C=N–C) groups is 2. The molecule has 0 bridgehead atoms. The molecule has 0 aromatic heterocycles. The number of nitrogens with zero attached hydrogens (tertiary/aromatic N) is 2. The molecule has 0 aliphatic heterocycles. The molecule has 1 aromatic carbocycles. The first-order valence-corrected chi connectivity index (χ1v) is 5.60. The second-order valence-corrected chi connectivity index (χ2v) is 3.73. The maximum Gasteiger partial charge on any atom is 0.223 e. The van der Waals surface area contributed by atoms with E-state index in [1.165, 1.54) is 0 Å². The molecule has 0 spiro atoms. The minimum Gasteiger partial charge on any atom is -0.370 e. The molecule has 0 fully saturated rings. The first-order chi connectivity index (χ1) is 8.52. The lowest BCUT2D eigenvalue weighted by Crippen LogP contribution is -2.26. The molecule has 0 saturated carbocycles. The summed E-state index contributed by atoms with van der Waals surface area (Å²) in [6.45, 7) is 1.96. The van der Waals surface area contributed by atoms with Crippen LogP contribution in [0.2, 0.25) is 0 Å². The van der Waals surface area contributed by atoms with Crippen LogP contribution < -0.4 is 17.2 Å². The highest BCUT2D eigenvalue weighted by Crippen LogP contribution is 2.14. The monoisotopic (exact) mass is 247 g/mol. The van der Waals surface area contributed by atoms with Gasteiger partial charge in [0.1, 0.15) is 0 Å². The third-order valence-electron chi connectivity index (χ3n) is 2.15. The molecule has 1 rings (SSSR count). The van der Waals surface area contributed by atoms with E-state index in [0.29, 0.717) is 17.7 Å². The Kier molecular flexibility index (Phi) is 4.86. The summed E-state index contributed by atoms with van der Waals surface area (Å²) in [5.41, 5.74) is 17.1. The first kappa shape index (κ1) is 13.7. The van der Waals surface area contributed by atoms with Crippen LogP contribution in [0.25, 0.3) is 0 Å². The van der Waals surface area contributed by atoms with Crippen LogP contribution in [-0.2, 0) is 0 Å². The van der Waals surface area contributed by atoms with Gasteiger partial charge in [-0.15, -0.1) is 0 Å². The summed E-state index contributed by atoms with van der Waals surface area (Å²) in [6.07, 6.45) is 1.37. The number of hydrogen-bond donors (Lipinski definition) is 3. The third kappa shape index (κ3) is 4.25. The molecule has 6 nitrogen and oxygen atoms in total. The zero-order valence-electron chi connectivity index (χ0n) is 10.3. The van der Waals surface area contributed by atoms with E-state index in [1.54, 1.807) is 24.3 Å². The number of rotatable bonds is 4. The molecule has 0 aliphatic carbocycles. The van der Waals surface area contributed by atoms with Crippen molar-refractivity contribution in [3.05, 3.63) is 29.8 Å². The molecule has 0 aliphatic rings. The quantitative estimate of drug-likeness (QED) is 0.415. The van der Waals surface area contributed by atoms with Gasteiger partial charge < -0.3 is 17.2 Å². The van der Waals surface area contributed by atoms with Crippen LogP contribution in [0.1, 0.15) is 30.1 Å². The SMILES string of the molecule is CCCC(=O)c1ccc(N=C(N)N=C(N)N)cc1. The van der Waals surface area contributed by atoms with Crippen molar-refractivity contribution < 1.29 is 4.79 Å². The Morgan fingerprint density at radius 2 is 1.78 bits per heavy atom. The summed E-state index contributed by atoms with van der Waals surface area (Å²) in [5.74, 6) is -0.0566. The molecule has 18 heavy (non-hydrogen) atoms. The summed E-state index contributed by atoms with van der Waals surface area (Å²) in [6, 6.07) is 6.80. The van der Waals surface area contributed by atoms with Crippen LogP contribution in [0.4, 0.5) is 5.69 Å². The van der Waals surface area contributed by atoms with Crippen molar-refractivity contribution in [3.8, 4) is 0 Å². The summed E-state index contributed by atoms with van der Waals surface area (Å²) in [7, 11) is 0. The Morgan fingerprint density at radius 3 is 2.28 bits per heavy atom. The summed E-state index contributed by atoms with van der Waals surface area (Å²) in [5, 5.41) is 0. The summed E-state index contributed by atoms with van der Waals surface area (Å²) in [4.78, 5) is 19.2. The number of Topliss-reactive ketones (excluding diaryl/α,β-unsaturated/α-hetero) is 1. The van der Waals surface area contributed by atoms with E-state index >= 15 is 0 Å². The third-order valence-corrected chi connectivity index (χ3v) is 2.15. The lowest BCUT2D eigenvalue weighted by Gasteiger charge is -2.00. The fraction of sp³-hybridized carbons (Fsp3) is 0.250. The van der Waals surface area contributed by atoms with Gasteiger partial charge in [0.15, 0.2) is 11.7 Å². The average Bonchev–Trinajstić information content (AvgIpc) is 2.29. The zero-order valence-corrected chi connectivity index (χ0v) is 10.3. The Balaban J connectivity index is 2.83. The lowest BCUT2D eigenvalue weighted by molar-refractivity contribution is 0.0982. The number of ketones is 1. The molecule has 0 saturated heterocycles. The molecule has 6 N–H and O–H groups in total. The van der Waals surface area contributed by atoms with E-state index in [4.69, 9.17) is 17.2 Å². The Labute approximate surface area is 106 Å². The minimum atomic E-state index is -0.147. The standard InChI is InChI=1S/C12H17N5O/c1-2-3-10(18)8-4-6-9(7-5-8)16-12(15)17-11(13)14/h4-7H,2-3H2,1H3,(H6,13,14,15,16,17). The number of hydrogen-bond acceptors (Lipinski definition) is 2. The summed E-state index contributed by atoms with van der Waals surface area (Å²) < 4.78 is 0. The average molecular weight is 247 g/mol. The minimum absolute atomic E-state index is 0.0253. The van der Waals surface area contributed by atoms with Crippen LogP contribution >= 0.6 is 0 Å². The number of carbonyl (C=O) groups is 1. The topological polar surface area (TPSA) is 120 Å². The van der Waals surface area contributed by atoms with Crippen molar-refractivity contribution in [2.24, 2.45) is 27.2 Å². The molecule has 0 unspecified atom stereocenters. The van der Waals surface area contributed by atoms with Crippen molar-refractivity contribution in [1.82, 2.24) is 0 Å². The summed E-state index contributed by atoms with van der Waals surface area (Å²) >= 11 is 0. The Morgan fingerprint density at radius 1 is 1.17 bits per heavy atom. The van der Waals surface area contributed by atoms with Gasteiger partial charge in [-0.1, -0.05) is 6.92 Å². The molecule has 0 heterocycles. The van der Waals surface area contributed by atoms with E-state index in [1.807, 2.05) is 6.92 Å². The van der Waals surface area contributed by atoms with E-state index < -0.39 is 0 Å². The van der Waals surface area contributed by atoms with Crippen molar-refractivity contribution in [1.29, 1.82) is 0 Å². The van der Waals surface area contributed by atoms with E-state index in [-0.39, 0.29) is 17.7 Å². The van der Waals surface area contributed by atoms with Crippen LogP contribution in [0, 0.1) is 0 Å². The van der Waals surface area contributed by atoms with E-state index in [2.05, 4.69) is 9.98 Å². The highest BCUT2D eigenvalue weighted by molar-refractivity contribution is 5.96. The van der Waals surface area contributed by atoms with Crippen molar-refractivity contribution >= 4 is 23.4 Å². The van der Waals surface area contributed by atoms with Gasteiger partial charge >= 0.3 is 0 Å². The van der Waals surface area contributed by atoms with E-state index in [0.717, 1.165) is 6.42 Å². The van der Waals surface area contributed by atoms with Gasteiger partial charge in [0.25, 0.3) is 0 Å². The highest BCUT2D eigenvalue weighted by Gasteiger charge is 2.03. The lowest BCUT2D eigenvalue weighted by atomic mass is 10.1. The molecule has 0 radical (unpaired) electrons. The van der Waals surface area contributed by atoms with Gasteiger partial charge in [-0.05, 0) is 30.7 Å². The number of carbonyl (C=O) groups excluding carboxylic acids is 1. The van der Waals surface area contributed by atoms with Gasteiger partial charge in [-0.2, -0.15) is 4.99 Å². The Hall–Kier alpha value is -2.37. The first-order valence-electron chi connectivity index (χ1n) is 5.60. The second kappa shape index (κ2) is 6.39. The molecule has 96 valence electrons. The van der Waals surface area contributed by atoms with Gasteiger partial charge in [0, 0.05) is 12.0 Å². The second-order valence-electron chi connectivity index (χ2n) is 3.73. The molecular formula is C12H17N5O. The number of nitrogens with two attached hydrogens (primary N) is 3. The molecule has 6 heteroatoms. The fourth-order valence-electron chi connectivity index (χ4n) is 1.38.